The van der Waals surface area contributed by atoms with Crippen molar-refractivity contribution in [2.24, 2.45) is 0 Å². The van der Waals surface area contributed by atoms with Crippen LogP contribution in [0.15, 0.2) is 42.9 Å². The second-order valence-corrected chi connectivity index (χ2v) is 4.74. The van der Waals surface area contributed by atoms with Crippen LogP contribution < -0.4 is 5.59 Å². The highest BCUT2D eigenvalue weighted by molar-refractivity contribution is 6.79. The summed E-state index contributed by atoms with van der Waals surface area (Å²) in [5.41, 5.74) is 2.36. The average Bonchev–Trinajstić information content (AvgIpc) is 2.93. The Hall–Kier alpha value is -2.39. The van der Waals surface area contributed by atoms with Gasteiger partial charge in [0.2, 0.25) is 0 Å². The molecule has 0 radical (unpaired) electrons. The number of rotatable bonds is 3. The maximum absolute atomic E-state index is 9.45. The van der Waals surface area contributed by atoms with E-state index in [1.165, 1.54) is 0 Å². The fourth-order valence-electron chi connectivity index (χ4n) is 2.12. The van der Waals surface area contributed by atoms with Crippen LogP contribution in [0.2, 0.25) is 5.15 Å². The molecule has 0 amide bonds. The molecule has 0 unspecified atom stereocenters. The van der Waals surface area contributed by atoms with Crippen molar-refractivity contribution in [3.8, 4) is 5.97 Å². The average molecular weight is 282 g/mol. The normalized spacial score (nSPS) is 10.4. The van der Waals surface area contributed by atoms with Gasteiger partial charge in [0, 0.05) is 30.0 Å². The van der Waals surface area contributed by atoms with Gasteiger partial charge in [0.15, 0.2) is 5.65 Å². The molecule has 0 fully saturated rings. The number of pyridine rings is 1. The molecule has 3 rings (SSSR count). The van der Waals surface area contributed by atoms with E-state index in [2.05, 4.69) is 21.0 Å². The third-order valence-electron chi connectivity index (χ3n) is 3.03. The second kappa shape index (κ2) is 5.31. The molecule has 0 atom stereocenters. The Balaban J connectivity index is 2.04. The molecule has 0 saturated heterocycles. The van der Waals surface area contributed by atoms with Crippen molar-refractivity contribution in [3.63, 3.8) is 0 Å². The lowest BCUT2D eigenvalue weighted by molar-refractivity contribution is 0.964. The number of hydrogen-bond acceptors (Lipinski definition) is 4. The van der Waals surface area contributed by atoms with Crippen LogP contribution in [-0.4, -0.2) is 26.3 Å². The van der Waals surface area contributed by atoms with E-state index in [0.717, 1.165) is 11.2 Å². The monoisotopic (exact) mass is 281 g/mol. The lowest BCUT2D eigenvalue weighted by atomic mass is 9.45. The highest BCUT2D eigenvalue weighted by Gasteiger charge is 2.22. The third kappa shape index (κ3) is 2.36. The fraction of sp³-hybridized carbons (Fsp3) is 0.0769. The van der Waals surface area contributed by atoms with E-state index < -0.39 is 0 Å². The molecular weight excluding hydrogens is 272 g/mol. The lowest BCUT2D eigenvalue weighted by Gasteiger charge is -2.08. The molecule has 5 nitrogen and oxygen atoms in total. The second-order valence-electron chi connectivity index (χ2n) is 4.35. The molecule has 0 aromatic carbocycles. The molecule has 20 heavy (non-hydrogen) atoms. The fourth-order valence-corrected chi connectivity index (χ4v) is 2.32. The van der Waals surface area contributed by atoms with Gasteiger partial charge >= 0.3 is 6.71 Å². The van der Waals surface area contributed by atoms with Crippen molar-refractivity contribution >= 4 is 29.6 Å². The number of nitriles is 1. The highest BCUT2D eigenvalue weighted by atomic mass is 35.5. The Kier molecular flexibility index (Phi) is 3.36. The standard InChI is InChI=1S/C13H9BClN5/c15-12-6-11(20-13(19-12)3-5-18-20)14(9-16)7-10-2-1-4-17-8-10/h1-6,8H,7H2. The summed E-state index contributed by atoms with van der Waals surface area (Å²) < 4.78 is 1.65. The summed E-state index contributed by atoms with van der Waals surface area (Å²) in [7, 11) is 0. The molecule has 0 aliphatic rings. The highest BCUT2D eigenvalue weighted by Crippen LogP contribution is 2.08. The molecule has 96 valence electrons. The van der Waals surface area contributed by atoms with Gasteiger partial charge in [0.05, 0.1) is 6.20 Å². The minimum atomic E-state index is -0.359. The van der Waals surface area contributed by atoms with Gasteiger partial charge in [-0.1, -0.05) is 17.7 Å². The van der Waals surface area contributed by atoms with Gasteiger partial charge in [-0.2, -0.15) is 5.10 Å². The summed E-state index contributed by atoms with van der Waals surface area (Å²) in [6.45, 7) is -0.359. The number of nitrogens with zero attached hydrogens (tertiary/aromatic N) is 5. The van der Waals surface area contributed by atoms with Crippen LogP contribution in [0.3, 0.4) is 0 Å². The van der Waals surface area contributed by atoms with Gasteiger partial charge in [0.1, 0.15) is 5.15 Å². The largest absolute Gasteiger partial charge is 0.326 e. The summed E-state index contributed by atoms with van der Waals surface area (Å²) in [5.74, 6) is 2.30. The maximum Gasteiger partial charge on any atom is 0.326 e. The summed E-state index contributed by atoms with van der Waals surface area (Å²) in [6, 6.07) is 7.24. The molecule has 3 aromatic heterocycles. The zero-order valence-electron chi connectivity index (χ0n) is 10.4. The molecule has 0 bridgehead atoms. The minimum absolute atomic E-state index is 0.359. The maximum atomic E-state index is 9.45. The van der Waals surface area contributed by atoms with Gasteiger partial charge in [0.25, 0.3) is 0 Å². The van der Waals surface area contributed by atoms with Gasteiger partial charge in [-0.05, 0) is 24.0 Å². The molecule has 0 aliphatic heterocycles. The third-order valence-corrected chi connectivity index (χ3v) is 3.22. The molecule has 0 N–H and O–H groups in total. The van der Waals surface area contributed by atoms with E-state index >= 15 is 0 Å². The van der Waals surface area contributed by atoms with E-state index in [9.17, 15) is 5.26 Å². The van der Waals surface area contributed by atoms with E-state index in [-0.39, 0.29) is 6.71 Å². The van der Waals surface area contributed by atoms with Gasteiger partial charge in [-0.15, -0.1) is 0 Å². The van der Waals surface area contributed by atoms with Crippen LogP contribution in [0.4, 0.5) is 0 Å². The Labute approximate surface area is 120 Å². The Bertz CT molecular complexity index is 780. The number of hydrogen-bond donors (Lipinski definition) is 0. The van der Waals surface area contributed by atoms with E-state index in [1.54, 1.807) is 35.2 Å². The Morgan fingerprint density at radius 1 is 1.35 bits per heavy atom. The summed E-state index contributed by atoms with van der Waals surface area (Å²) in [6.07, 6.45) is 5.66. The van der Waals surface area contributed by atoms with Crippen molar-refractivity contribution in [1.29, 1.82) is 5.26 Å². The van der Waals surface area contributed by atoms with Crippen molar-refractivity contribution in [2.45, 2.75) is 6.32 Å². The van der Waals surface area contributed by atoms with Crippen LogP contribution in [0.5, 0.6) is 0 Å². The van der Waals surface area contributed by atoms with Crippen LogP contribution in [-0.2, 0) is 6.32 Å². The van der Waals surface area contributed by atoms with E-state index in [4.69, 9.17) is 11.6 Å². The first-order valence-electron chi connectivity index (χ1n) is 6.06. The molecule has 0 aliphatic carbocycles. The van der Waals surface area contributed by atoms with Crippen LogP contribution >= 0.6 is 11.6 Å². The van der Waals surface area contributed by atoms with Gasteiger partial charge < -0.3 is 0 Å². The number of aromatic nitrogens is 4. The zero-order valence-corrected chi connectivity index (χ0v) is 11.2. The first-order chi connectivity index (χ1) is 9.78. The quantitative estimate of drug-likeness (QED) is 0.536. The van der Waals surface area contributed by atoms with Crippen LogP contribution in [0, 0.1) is 11.2 Å². The lowest BCUT2D eigenvalue weighted by Crippen LogP contribution is -2.37. The molecular formula is C13H9BClN5. The van der Waals surface area contributed by atoms with E-state index in [1.807, 2.05) is 12.1 Å². The van der Waals surface area contributed by atoms with Crippen molar-refractivity contribution in [3.05, 3.63) is 53.6 Å². The molecule has 0 saturated carbocycles. The van der Waals surface area contributed by atoms with E-state index in [0.29, 0.717) is 17.1 Å². The summed E-state index contributed by atoms with van der Waals surface area (Å²) in [4.78, 5) is 8.23. The van der Waals surface area contributed by atoms with Crippen molar-refractivity contribution < 1.29 is 0 Å². The SMILES string of the molecule is N#CB(Cc1cccnc1)c1cc(Cl)nc2ccnn12. The molecule has 3 heterocycles. The molecule has 3 aromatic rings. The zero-order chi connectivity index (χ0) is 13.9. The summed E-state index contributed by atoms with van der Waals surface area (Å²) in [5, 5.41) is 14.0. The van der Waals surface area contributed by atoms with Crippen LogP contribution in [0.25, 0.3) is 5.65 Å². The van der Waals surface area contributed by atoms with Gasteiger partial charge in [-0.3, -0.25) is 4.98 Å². The Morgan fingerprint density at radius 3 is 3.00 bits per heavy atom. The minimum Gasteiger partial charge on any atom is -0.264 e. The summed E-state index contributed by atoms with van der Waals surface area (Å²) >= 11 is 6.01. The first-order valence-corrected chi connectivity index (χ1v) is 6.44. The van der Waals surface area contributed by atoms with Gasteiger partial charge in [-0.25, -0.2) is 14.8 Å². The smallest absolute Gasteiger partial charge is 0.264 e. The molecule has 0 spiro atoms. The number of halogens is 1. The van der Waals surface area contributed by atoms with Crippen molar-refractivity contribution in [2.75, 3.05) is 0 Å². The molecule has 7 heteroatoms. The predicted molar refractivity (Wildman–Crippen MR) is 76.9 cm³/mol. The Morgan fingerprint density at radius 2 is 2.25 bits per heavy atom. The first kappa shape index (κ1) is 12.6. The number of fused-ring (bicyclic) bond motifs is 1. The van der Waals surface area contributed by atoms with Crippen molar-refractivity contribution in [1.82, 2.24) is 19.6 Å². The topological polar surface area (TPSA) is 66.9 Å². The van der Waals surface area contributed by atoms with Crippen LogP contribution in [0.1, 0.15) is 5.56 Å². The predicted octanol–water partition coefficient (Wildman–Crippen LogP) is 1.32.